The zero-order valence-corrected chi connectivity index (χ0v) is 27.4. The largest absolute Gasteiger partial charge is 0.420 e. The number of nitrogens with one attached hydrogen (secondary N) is 1. The molecule has 1 aliphatic heterocycles. The maximum absolute atomic E-state index is 15.2. The minimum absolute atomic E-state index is 0.0869. The summed E-state index contributed by atoms with van der Waals surface area (Å²) in [7, 11) is 0. The van der Waals surface area contributed by atoms with Gasteiger partial charge in [-0.15, -0.1) is 0 Å². The highest BCUT2D eigenvalue weighted by atomic mass is 31.2. The molecule has 0 unspecified atom stereocenters. The topological polar surface area (TPSA) is 96.7 Å². The highest BCUT2D eigenvalue weighted by Crippen LogP contribution is 2.50. The number of carbonyl (C=O) groups excluding carboxylic acids is 3. The molecule has 1 aromatic heterocycles. The molecule has 1 N–H and O–H groups in total. The van der Waals surface area contributed by atoms with Crippen LogP contribution in [0.15, 0.2) is 161 Å². The van der Waals surface area contributed by atoms with Gasteiger partial charge in [0.05, 0.1) is 22.1 Å². The molecule has 0 spiro atoms. The second kappa shape index (κ2) is 13.2. The number of hydrogen-bond donors (Lipinski definition) is 1. The van der Waals surface area contributed by atoms with E-state index >= 15 is 4.79 Å². The number of anilines is 2. The monoisotopic (exact) mass is 702 g/mol. The maximum atomic E-state index is 15.2. The van der Waals surface area contributed by atoms with E-state index < -0.39 is 47.7 Å². The lowest BCUT2D eigenvalue weighted by Gasteiger charge is -2.36. The molecule has 0 saturated heterocycles. The summed E-state index contributed by atoms with van der Waals surface area (Å²) in [6.07, 6.45) is -4.78. The van der Waals surface area contributed by atoms with Gasteiger partial charge < -0.3 is 9.73 Å². The summed E-state index contributed by atoms with van der Waals surface area (Å²) in [5.74, 6) is -2.99. The summed E-state index contributed by atoms with van der Waals surface area (Å²) in [5.41, 5.74) is -2.91. The van der Waals surface area contributed by atoms with Crippen LogP contribution in [0, 0.1) is 0 Å². The molecular formula is C40H26F3N2O5P. The normalized spacial score (nSPS) is 13.2. The molecule has 6 aromatic rings. The molecule has 7 nitrogen and oxygen atoms in total. The third-order valence-electron chi connectivity index (χ3n) is 8.48. The van der Waals surface area contributed by atoms with Gasteiger partial charge in [0, 0.05) is 5.56 Å². The zero-order chi connectivity index (χ0) is 35.8. The number of rotatable bonds is 6. The van der Waals surface area contributed by atoms with E-state index in [-0.39, 0.29) is 27.9 Å². The summed E-state index contributed by atoms with van der Waals surface area (Å²) >= 11 is 0. The second-order valence-electron chi connectivity index (χ2n) is 11.5. The van der Waals surface area contributed by atoms with Gasteiger partial charge in [-0.1, -0.05) is 115 Å². The maximum Gasteiger partial charge on any atom is 0.416 e. The molecule has 0 aliphatic carbocycles. The lowest BCUT2D eigenvalue weighted by Crippen LogP contribution is -2.50. The van der Waals surface area contributed by atoms with Crippen molar-refractivity contribution in [3.63, 3.8) is 0 Å². The van der Waals surface area contributed by atoms with E-state index in [1.54, 1.807) is 72.8 Å². The molecular weight excluding hydrogens is 676 g/mol. The molecule has 0 saturated carbocycles. The SMILES string of the molecule is O=C(Nc1cc2c(oc1=O)C(=P(c1ccccc1)(c1ccccc1)c1ccccc1)C(=O)N(c1cccc(C(F)(F)F)c1)C2=O)c1ccccc1. The molecule has 0 radical (unpaired) electrons. The fraction of sp³-hybridized carbons (Fsp3) is 0.0250. The summed E-state index contributed by atoms with van der Waals surface area (Å²) < 4.78 is 47.9. The number of halogens is 3. The van der Waals surface area contributed by atoms with Gasteiger partial charge in [0.2, 0.25) is 0 Å². The van der Waals surface area contributed by atoms with Gasteiger partial charge >= 0.3 is 11.8 Å². The van der Waals surface area contributed by atoms with Crippen LogP contribution >= 0.6 is 6.89 Å². The number of carbonyl (C=O) groups is 3. The molecule has 5 aromatic carbocycles. The van der Waals surface area contributed by atoms with Crippen molar-refractivity contribution in [3.8, 4) is 0 Å². The van der Waals surface area contributed by atoms with Crippen molar-refractivity contribution in [2.24, 2.45) is 0 Å². The average molecular weight is 703 g/mol. The van der Waals surface area contributed by atoms with Crippen molar-refractivity contribution in [1.82, 2.24) is 0 Å². The first-order chi connectivity index (χ1) is 24.6. The molecule has 0 fully saturated rings. The Morgan fingerprint density at radius 2 is 1.14 bits per heavy atom. The van der Waals surface area contributed by atoms with Crippen LogP contribution in [0.2, 0.25) is 0 Å². The van der Waals surface area contributed by atoms with E-state index in [1.807, 2.05) is 36.4 Å². The van der Waals surface area contributed by atoms with E-state index in [1.165, 1.54) is 18.2 Å². The summed E-state index contributed by atoms with van der Waals surface area (Å²) in [6.45, 7) is -3.43. The number of hydrogen-bond acceptors (Lipinski definition) is 5. The summed E-state index contributed by atoms with van der Waals surface area (Å²) in [6, 6.07) is 40.2. The highest BCUT2D eigenvalue weighted by molar-refractivity contribution is 7.97. The van der Waals surface area contributed by atoms with Crippen LogP contribution in [0.3, 0.4) is 0 Å². The highest BCUT2D eigenvalue weighted by Gasteiger charge is 2.46. The minimum Gasteiger partial charge on any atom is -0.420 e. The van der Waals surface area contributed by atoms with Gasteiger partial charge in [0.15, 0.2) is 5.76 Å². The lowest BCUT2D eigenvalue weighted by atomic mass is 10.0. The standard InChI is InChI=1S/C40H26F3N2O5P/c41-40(42,43)27-16-13-17-28(24-27)45-37(47)32-25-33(44-36(46)26-14-5-1-6-15-26)39(49)50-34(32)35(38(45)48)51(29-18-7-2-8-19-29,30-20-9-3-10-21-30)31-22-11-4-12-23-31/h1-25H,(H,44,46). The van der Waals surface area contributed by atoms with Gasteiger partial charge in [-0.2, -0.15) is 13.2 Å². The van der Waals surface area contributed by atoms with Crippen LogP contribution in [0.4, 0.5) is 24.5 Å². The first-order valence-electron chi connectivity index (χ1n) is 15.6. The van der Waals surface area contributed by atoms with Crippen molar-refractivity contribution < 1.29 is 32.0 Å². The summed E-state index contributed by atoms with van der Waals surface area (Å²) in [5, 5.41) is 4.36. The van der Waals surface area contributed by atoms with Crippen LogP contribution in [0.5, 0.6) is 0 Å². The molecule has 11 heteroatoms. The number of fused-ring (bicyclic) bond motifs is 1. The molecule has 51 heavy (non-hydrogen) atoms. The fourth-order valence-corrected chi connectivity index (χ4v) is 10.6. The predicted octanol–water partition coefficient (Wildman–Crippen LogP) is 6.61. The van der Waals surface area contributed by atoms with Crippen LogP contribution in [0.1, 0.15) is 32.0 Å². The molecule has 1 aliphatic rings. The summed E-state index contributed by atoms with van der Waals surface area (Å²) in [4.78, 5) is 57.1. The second-order valence-corrected chi connectivity index (χ2v) is 14.9. The first kappa shape index (κ1) is 33.3. The molecule has 3 amide bonds. The number of nitrogens with zero attached hydrogens (tertiary/aromatic N) is 1. The van der Waals surface area contributed by atoms with Gasteiger partial charge in [0.1, 0.15) is 5.69 Å². The Balaban J connectivity index is 1.62. The van der Waals surface area contributed by atoms with Crippen molar-refractivity contribution in [2.75, 3.05) is 10.2 Å². The van der Waals surface area contributed by atoms with E-state index in [9.17, 15) is 27.6 Å². The van der Waals surface area contributed by atoms with E-state index in [4.69, 9.17) is 4.42 Å². The smallest absolute Gasteiger partial charge is 0.416 e. The number of alkyl halides is 3. The fourth-order valence-electron chi connectivity index (χ4n) is 6.23. The number of imide groups is 1. The number of benzene rings is 5. The lowest BCUT2D eigenvalue weighted by molar-refractivity contribution is -0.137. The molecule has 7 rings (SSSR count). The van der Waals surface area contributed by atoms with E-state index in [0.29, 0.717) is 20.8 Å². The minimum atomic E-state index is -4.78. The molecule has 0 bridgehead atoms. The molecule has 2 heterocycles. The zero-order valence-electron chi connectivity index (χ0n) is 26.5. The Morgan fingerprint density at radius 3 is 1.65 bits per heavy atom. The Hall–Kier alpha value is -6.25. The Labute approximate surface area is 289 Å². The first-order valence-corrected chi connectivity index (χ1v) is 17.4. The molecule has 252 valence electrons. The molecule has 0 atom stereocenters. The average Bonchev–Trinajstić information content (AvgIpc) is 3.15. The van der Waals surface area contributed by atoms with Crippen molar-refractivity contribution in [3.05, 3.63) is 185 Å². The van der Waals surface area contributed by atoms with Crippen molar-refractivity contribution in [2.45, 2.75) is 6.18 Å². The Kier molecular flexibility index (Phi) is 8.62. The third-order valence-corrected chi connectivity index (χ3v) is 12.8. The van der Waals surface area contributed by atoms with Crippen molar-refractivity contribution >= 4 is 57.2 Å². The van der Waals surface area contributed by atoms with Crippen LogP contribution in [-0.2, 0) is 11.0 Å². The number of amides is 3. The van der Waals surface area contributed by atoms with Crippen molar-refractivity contribution in [1.29, 1.82) is 0 Å². The van der Waals surface area contributed by atoms with E-state index in [0.717, 1.165) is 24.3 Å². The van der Waals surface area contributed by atoms with Gasteiger partial charge in [-0.05, 0) is 59.2 Å². The van der Waals surface area contributed by atoms with Gasteiger partial charge in [-0.3, -0.25) is 14.4 Å². The van der Waals surface area contributed by atoms with Crippen LogP contribution in [0.25, 0.3) is 0 Å². The predicted molar refractivity (Wildman–Crippen MR) is 192 cm³/mol. The van der Waals surface area contributed by atoms with Gasteiger partial charge in [-0.25, -0.2) is 9.69 Å². The van der Waals surface area contributed by atoms with Crippen LogP contribution < -0.4 is 31.8 Å². The van der Waals surface area contributed by atoms with E-state index in [2.05, 4.69) is 5.32 Å². The van der Waals surface area contributed by atoms with Crippen LogP contribution in [-0.4, -0.2) is 23.0 Å². The van der Waals surface area contributed by atoms with Gasteiger partial charge in [0.25, 0.3) is 17.7 Å². The third kappa shape index (κ3) is 5.89. The Bertz CT molecular complexity index is 2310. The Morgan fingerprint density at radius 1 is 0.627 bits per heavy atom. The quantitative estimate of drug-likeness (QED) is 0.156.